The molecule has 0 aromatic carbocycles. The first-order valence-corrected chi connectivity index (χ1v) is 7.77. The van der Waals surface area contributed by atoms with E-state index in [1.807, 2.05) is 25.3 Å². The van der Waals surface area contributed by atoms with E-state index >= 15 is 0 Å². The first-order chi connectivity index (χ1) is 10.1. The summed E-state index contributed by atoms with van der Waals surface area (Å²) in [5.41, 5.74) is 6.49. The third-order valence-corrected chi connectivity index (χ3v) is 4.18. The van der Waals surface area contributed by atoms with Crippen molar-refractivity contribution in [3.05, 3.63) is 23.9 Å². The number of hydrogen-bond acceptors (Lipinski definition) is 4. The zero-order valence-corrected chi connectivity index (χ0v) is 13.0. The van der Waals surface area contributed by atoms with Crippen molar-refractivity contribution >= 4 is 11.7 Å². The van der Waals surface area contributed by atoms with Crippen molar-refractivity contribution in [1.82, 2.24) is 10.3 Å². The SMILES string of the molecule is CC1CCN(c2ccc(CNC(=O)C(C)CN)cn2)CC1. The molecule has 1 aliphatic heterocycles. The molecule has 0 radical (unpaired) electrons. The minimum Gasteiger partial charge on any atom is -0.357 e. The lowest BCUT2D eigenvalue weighted by Crippen LogP contribution is -2.33. The second-order valence-electron chi connectivity index (χ2n) is 6.05. The summed E-state index contributed by atoms with van der Waals surface area (Å²) in [6.07, 6.45) is 4.31. The van der Waals surface area contributed by atoms with Crippen molar-refractivity contribution in [1.29, 1.82) is 0 Å². The predicted octanol–water partition coefficient (Wildman–Crippen LogP) is 1.53. The standard InChI is InChI=1S/C16H26N4O/c1-12-5-7-20(8-6-12)15-4-3-14(10-18-15)11-19-16(21)13(2)9-17/h3-4,10,12-13H,5-9,11,17H2,1-2H3,(H,19,21). The van der Waals surface area contributed by atoms with Crippen molar-refractivity contribution in [3.63, 3.8) is 0 Å². The molecule has 1 aromatic rings. The molecular formula is C16H26N4O. The van der Waals surface area contributed by atoms with Crippen LogP contribution >= 0.6 is 0 Å². The fourth-order valence-corrected chi connectivity index (χ4v) is 2.42. The van der Waals surface area contributed by atoms with Crippen molar-refractivity contribution in [2.75, 3.05) is 24.5 Å². The Morgan fingerprint density at radius 2 is 2.19 bits per heavy atom. The van der Waals surface area contributed by atoms with Gasteiger partial charge in [0.1, 0.15) is 5.82 Å². The van der Waals surface area contributed by atoms with E-state index in [2.05, 4.69) is 22.1 Å². The van der Waals surface area contributed by atoms with Crippen molar-refractivity contribution < 1.29 is 4.79 Å². The van der Waals surface area contributed by atoms with Gasteiger partial charge < -0.3 is 16.0 Å². The Hall–Kier alpha value is -1.62. The highest BCUT2D eigenvalue weighted by molar-refractivity contribution is 5.78. The number of nitrogens with one attached hydrogen (secondary N) is 1. The molecule has 1 atom stereocenters. The Morgan fingerprint density at radius 1 is 1.48 bits per heavy atom. The highest BCUT2D eigenvalue weighted by Gasteiger charge is 2.16. The summed E-state index contributed by atoms with van der Waals surface area (Å²) >= 11 is 0. The van der Waals surface area contributed by atoms with Crippen molar-refractivity contribution in [3.8, 4) is 0 Å². The summed E-state index contributed by atoms with van der Waals surface area (Å²) in [6, 6.07) is 4.08. The maximum atomic E-state index is 11.7. The van der Waals surface area contributed by atoms with E-state index in [4.69, 9.17) is 5.73 Å². The first-order valence-electron chi connectivity index (χ1n) is 7.77. The maximum Gasteiger partial charge on any atom is 0.224 e. The number of carbonyl (C=O) groups excluding carboxylic acids is 1. The van der Waals surface area contributed by atoms with Gasteiger partial charge in [-0.15, -0.1) is 0 Å². The number of carbonyl (C=O) groups is 1. The second-order valence-corrected chi connectivity index (χ2v) is 6.05. The van der Waals surface area contributed by atoms with Crippen LogP contribution in [-0.2, 0) is 11.3 Å². The molecule has 1 amide bonds. The topological polar surface area (TPSA) is 71.2 Å². The molecule has 3 N–H and O–H groups in total. The van der Waals surface area contributed by atoms with Gasteiger partial charge in [-0.25, -0.2) is 4.98 Å². The molecule has 1 aromatic heterocycles. The molecule has 2 rings (SSSR count). The Bertz CT molecular complexity index is 452. The zero-order valence-electron chi connectivity index (χ0n) is 13.0. The largest absolute Gasteiger partial charge is 0.357 e. The molecule has 1 fully saturated rings. The number of nitrogens with zero attached hydrogens (tertiary/aromatic N) is 2. The average Bonchev–Trinajstić information content (AvgIpc) is 2.53. The van der Waals surface area contributed by atoms with E-state index < -0.39 is 0 Å². The van der Waals surface area contributed by atoms with Gasteiger partial charge in [-0.1, -0.05) is 19.9 Å². The molecule has 0 spiro atoms. The van der Waals surface area contributed by atoms with Gasteiger partial charge in [-0.05, 0) is 30.4 Å². The molecule has 0 saturated carbocycles. The molecule has 2 heterocycles. The molecule has 116 valence electrons. The molecule has 5 heteroatoms. The number of nitrogens with two attached hydrogens (primary N) is 1. The summed E-state index contributed by atoms with van der Waals surface area (Å²) in [5, 5.41) is 2.88. The summed E-state index contributed by atoms with van der Waals surface area (Å²) in [7, 11) is 0. The summed E-state index contributed by atoms with van der Waals surface area (Å²) < 4.78 is 0. The van der Waals surface area contributed by atoms with Gasteiger partial charge in [0.25, 0.3) is 0 Å². The van der Waals surface area contributed by atoms with E-state index in [1.54, 1.807) is 0 Å². The predicted molar refractivity (Wildman–Crippen MR) is 84.9 cm³/mol. The Morgan fingerprint density at radius 3 is 2.76 bits per heavy atom. The van der Waals surface area contributed by atoms with Gasteiger partial charge in [-0.2, -0.15) is 0 Å². The summed E-state index contributed by atoms with van der Waals surface area (Å²) in [6.45, 7) is 7.17. The van der Waals surface area contributed by atoms with E-state index in [0.717, 1.165) is 30.4 Å². The molecule has 1 aliphatic rings. The fourth-order valence-electron chi connectivity index (χ4n) is 2.42. The normalized spacial score (nSPS) is 17.6. The zero-order chi connectivity index (χ0) is 15.2. The van der Waals surface area contributed by atoms with Crippen LogP contribution in [0.3, 0.4) is 0 Å². The highest BCUT2D eigenvalue weighted by Crippen LogP contribution is 2.21. The lowest BCUT2D eigenvalue weighted by Gasteiger charge is -2.31. The molecule has 0 aliphatic carbocycles. The van der Waals surface area contributed by atoms with Gasteiger partial charge >= 0.3 is 0 Å². The van der Waals surface area contributed by atoms with Gasteiger partial charge in [0.15, 0.2) is 0 Å². The number of anilines is 1. The van der Waals surface area contributed by atoms with Crippen LogP contribution in [0.1, 0.15) is 32.3 Å². The highest BCUT2D eigenvalue weighted by atomic mass is 16.1. The van der Waals surface area contributed by atoms with E-state index in [-0.39, 0.29) is 11.8 Å². The van der Waals surface area contributed by atoms with Crippen LogP contribution in [0.15, 0.2) is 18.3 Å². The van der Waals surface area contributed by atoms with Crippen molar-refractivity contribution in [2.45, 2.75) is 33.2 Å². The van der Waals surface area contributed by atoms with E-state index in [0.29, 0.717) is 13.1 Å². The monoisotopic (exact) mass is 290 g/mol. The lowest BCUT2D eigenvalue weighted by atomic mass is 9.99. The Balaban J connectivity index is 1.86. The molecule has 1 unspecified atom stereocenters. The van der Waals surface area contributed by atoms with Crippen LogP contribution in [-0.4, -0.2) is 30.5 Å². The minimum absolute atomic E-state index is 0.00778. The van der Waals surface area contributed by atoms with Gasteiger partial charge in [0, 0.05) is 38.3 Å². The van der Waals surface area contributed by atoms with E-state index in [9.17, 15) is 4.79 Å². The molecule has 5 nitrogen and oxygen atoms in total. The Labute approximate surface area is 126 Å². The minimum atomic E-state index is -0.146. The van der Waals surface area contributed by atoms with Gasteiger partial charge in [0.2, 0.25) is 5.91 Å². The number of rotatable bonds is 5. The fraction of sp³-hybridized carbons (Fsp3) is 0.625. The van der Waals surface area contributed by atoms with Gasteiger partial charge in [0.05, 0.1) is 0 Å². The molecular weight excluding hydrogens is 264 g/mol. The summed E-state index contributed by atoms with van der Waals surface area (Å²) in [5.74, 6) is 1.70. The first kappa shape index (κ1) is 15.8. The smallest absolute Gasteiger partial charge is 0.224 e. The molecule has 1 saturated heterocycles. The van der Waals surface area contributed by atoms with Crippen LogP contribution in [0.5, 0.6) is 0 Å². The van der Waals surface area contributed by atoms with Crippen LogP contribution < -0.4 is 16.0 Å². The van der Waals surface area contributed by atoms with Crippen LogP contribution in [0.2, 0.25) is 0 Å². The maximum absolute atomic E-state index is 11.7. The molecule has 0 bridgehead atoms. The number of hydrogen-bond donors (Lipinski definition) is 2. The molecule has 21 heavy (non-hydrogen) atoms. The van der Waals surface area contributed by atoms with Crippen LogP contribution in [0.4, 0.5) is 5.82 Å². The second kappa shape index (κ2) is 7.41. The van der Waals surface area contributed by atoms with Crippen LogP contribution in [0.25, 0.3) is 0 Å². The lowest BCUT2D eigenvalue weighted by molar-refractivity contribution is -0.124. The van der Waals surface area contributed by atoms with Crippen molar-refractivity contribution in [2.24, 2.45) is 17.6 Å². The number of pyridine rings is 1. The number of piperidine rings is 1. The number of aromatic nitrogens is 1. The summed E-state index contributed by atoms with van der Waals surface area (Å²) in [4.78, 5) is 18.5. The number of amides is 1. The van der Waals surface area contributed by atoms with E-state index in [1.165, 1.54) is 12.8 Å². The van der Waals surface area contributed by atoms with Crippen LogP contribution in [0, 0.1) is 11.8 Å². The quantitative estimate of drug-likeness (QED) is 0.862. The third kappa shape index (κ3) is 4.43. The average molecular weight is 290 g/mol. The Kier molecular flexibility index (Phi) is 5.56. The van der Waals surface area contributed by atoms with Gasteiger partial charge in [-0.3, -0.25) is 4.79 Å². The third-order valence-electron chi connectivity index (χ3n) is 4.18.